The molecule has 0 aliphatic carbocycles. The summed E-state index contributed by atoms with van der Waals surface area (Å²) in [5, 5.41) is 9.10. The van der Waals surface area contributed by atoms with Crippen LogP contribution < -0.4 is 16.0 Å². The van der Waals surface area contributed by atoms with Gasteiger partial charge in [-0.15, -0.1) is 0 Å². The predicted molar refractivity (Wildman–Crippen MR) is 104 cm³/mol. The summed E-state index contributed by atoms with van der Waals surface area (Å²) in [5.41, 5.74) is 2.51. The Hall–Kier alpha value is -2.53. The Labute approximate surface area is 159 Å². The van der Waals surface area contributed by atoms with E-state index in [4.69, 9.17) is 11.6 Å². The number of rotatable bonds is 6. The van der Waals surface area contributed by atoms with Crippen LogP contribution in [-0.2, 0) is 6.54 Å². The number of halogens is 1. The first-order valence-electron chi connectivity index (χ1n) is 8.51. The summed E-state index contributed by atoms with van der Waals surface area (Å²) < 4.78 is 0. The summed E-state index contributed by atoms with van der Waals surface area (Å²) in [6.45, 7) is 4.49. The predicted octanol–water partition coefficient (Wildman–Crippen LogP) is 3.90. The number of carbonyl (C=O) groups is 2. The van der Waals surface area contributed by atoms with Gasteiger partial charge in [-0.2, -0.15) is 0 Å². The number of benzene rings is 2. The molecule has 0 spiro atoms. The average molecular weight is 374 g/mol. The van der Waals surface area contributed by atoms with Gasteiger partial charge in [-0.3, -0.25) is 4.79 Å². The van der Waals surface area contributed by atoms with Crippen LogP contribution in [0.2, 0.25) is 5.02 Å². The van der Waals surface area contributed by atoms with E-state index < -0.39 is 0 Å². The van der Waals surface area contributed by atoms with Crippen molar-refractivity contribution in [3.05, 3.63) is 70.2 Å². The summed E-state index contributed by atoms with van der Waals surface area (Å²) in [6.07, 6.45) is 0. The van der Waals surface area contributed by atoms with Crippen LogP contribution in [0.3, 0.4) is 0 Å². The Balaban J connectivity index is 1.94. The molecular weight excluding hydrogens is 350 g/mol. The molecule has 1 atom stereocenters. The fourth-order valence-corrected chi connectivity index (χ4v) is 2.72. The first-order valence-corrected chi connectivity index (χ1v) is 8.89. The lowest BCUT2D eigenvalue weighted by Crippen LogP contribution is -2.39. The first kappa shape index (κ1) is 19.8. The summed E-state index contributed by atoms with van der Waals surface area (Å²) in [7, 11) is 1.59. The standard InChI is InChI=1S/C20H24ClN3O2/c1-13(2)18(15-8-10-17(21)11-9-15)24-20(26)23-12-14-4-6-16(7-5-14)19(25)22-3/h4-11,13,18H,12H2,1-3H3,(H,22,25)(H2,23,24,26). The second-order valence-corrected chi connectivity index (χ2v) is 6.81. The van der Waals surface area contributed by atoms with Crippen LogP contribution in [0.25, 0.3) is 0 Å². The molecule has 2 aromatic rings. The Bertz CT molecular complexity index is 743. The molecular formula is C20H24ClN3O2. The van der Waals surface area contributed by atoms with Gasteiger partial charge in [-0.25, -0.2) is 4.79 Å². The average Bonchev–Trinajstić information content (AvgIpc) is 2.65. The van der Waals surface area contributed by atoms with Gasteiger partial charge in [0.1, 0.15) is 0 Å². The lowest BCUT2D eigenvalue weighted by Gasteiger charge is -2.23. The molecule has 0 heterocycles. The molecule has 3 N–H and O–H groups in total. The normalized spacial score (nSPS) is 11.7. The molecule has 0 aromatic heterocycles. The molecule has 3 amide bonds. The van der Waals surface area contributed by atoms with E-state index in [1.165, 1.54) is 0 Å². The van der Waals surface area contributed by atoms with Gasteiger partial charge < -0.3 is 16.0 Å². The Morgan fingerprint density at radius 3 is 2.15 bits per heavy atom. The fourth-order valence-electron chi connectivity index (χ4n) is 2.60. The van der Waals surface area contributed by atoms with Crippen molar-refractivity contribution in [1.82, 2.24) is 16.0 Å². The maximum Gasteiger partial charge on any atom is 0.315 e. The van der Waals surface area contributed by atoms with Crippen LogP contribution in [0, 0.1) is 5.92 Å². The van der Waals surface area contributed by atoms with E-state index in [1.54, 1.807) is 19.2 Å². The molecule has 6 heteroatoms. The molecule has 138 valence electrons. The number of carbonyl (C=O) groups excluding carboxylic acids is 2. The van der Waals surface area contributed by atoms with E-state index in [2.05, 4.69) is 29.8 Å². The van der Waals surface area contributed by atoms with E-state index in [9.17, 15) is 9.59 Å². The van der Waals surface area contributed by atoms with E-state index in [1.807, 2.05) is 36.4 Å². The van der Waals surface area contributed by atoms with E-state index in [-0.39, 0.29) is 23.9 Å². The zero-order valence-corrected chi connectivity index (χ0v) is 15.9. The van der Waals surface area contributed by atoms with Crippen molar-refractivity contribution in [2.24, 2.45) is 5.92 Å². The van der Waals surface area contributed by atoms with E-state index in [0.29, 0.717) is 17.1 Å². The van der Waals surface area contributed by atoms with Gasteiger partial charge in [-0.1, -0.05) is 49.7 Å². The zero-order valence-electron chi connectivity index (χ0n) is 15.2. The molecule has 2 aromatic carbocycles. The third-order valence-corrected chi connectivity index (χ3v) is 4.33. The largest absolute Gasteiger partial charge is 0.355 e. The molecule has 2 rings (SSSR count). The van der Waals surface area contributed by atoms with Crippen LogP contribution in [0.5, 0.6) is 0 Å². The monoisotopic (exact) mass is 373 g/mol. The lowest BCUT2D eigenvalue weighted by atomic mass is 9.96. The third kappa shape index (κ3) is 5.49. The second-order valence-electron chi connectivity index (χ2n) is 6.38. The highest BCUT2D eigenvalue weighted by molar-refractivity contribution is 6.30. The smallest absolute Gasteiger partial charge is 0.315 e. The number of hydrogen-bond acceptors (Lipinski definition) is 2. The minimum atomic E-state index is -0.242. The zero-order chi connectivity index (χ0) is 19.1. The van der Waals surface area contributed by atoms with Crippen LogP contribution in [0.1, 0.15) is 41.4 Å². The van der Waals surface area contributed by atoms with Crippen molar-refractivity contribution in [2.45, 2.75) is 26.4 Å². The number of nitrogens with one attached hydrogen (secondary N) is 3. The van der Waals surface area contributed by atoms with Crippen molar-refractivity contribution < 1.29 is 9.59 Å². The topological polar surface area (TPSA) is 70.2 Å². The number of urea groups is 1. The van der Waals surface area contributed by atoms with Crippen LogP contribution >= 0.6 is 11.6 Å². The molecule has 0 radical (unpaired) electrons. The first-order chi connectivity index (χ1) is 12.4. The highest BCUT2D eigenvalue weighted by Crippen LogP contribution is 2.23. The summed E-state index contributed by atoms with van der Waals surface area (Å²) in [5.74, 6) is 0.0961. The van der Waals surface area contributed by atoms with Gasteiger partial charge in [0, 0.05) is 24.2 Å². The quantitative estimate of drug-likeness (QED) is 0.718. The van der Waals surface area contributed by atoms with Gasteiger partial charge in [0.2, 0.25) is 0 Å². The molecule has 0 fully saturated rings. The van der Waals surface area contributed by atoms with Gasteiger partial charge in [0.25, 0.3) is 5.91 Å². The van der Waals surface area contributed by atoms with Crippen LogP contribution in [0.15, 0.2) is 48.5 Å². The number of hydrogen-bond donors (Lipinski definition) is 3. The second kappa shape index (κ2) is 9.25. The molecule has 0 saturated carbocycles. The van der Waals surface area contributed by atoms with Crippen molar-refractivity contribution in [3.63, 3.8) is 0 Å². The van der Waals surface area contributed by atoms with Gasteiger partial charge in [0.15, 0.2) is 0 Å². The maximum atomic E-state index is 12.3. The Kier molecular flexibility index (Phi) is 7.04. The molecule has 1 unspecified atom stereocenters. The SMILES string of the molecule is CNC(=O)c1ccc(CNC(=O)NC(c2ccc(Cl)cc2)C(C)C)cc1. The van der Waals surface area contributed by atoms with Crippen molar-refractivity contribution in [3.8, 4) is 0 Å². The fraction of sp³-hybridized carbons (Fsp3) is 0.300. The highest BCUT2D eigenvalue weighted by Gasteiger charge is 2.18. The lowest BCUT2D eigenvalue weighted by molar-refractivity contribution is 0.0963. The third-order valence-electron chi connectivity index (χ3n) is 4.08. The van der Waals surface area contributed by atoms with E-state index in [0.717, 1.165) is 11.1 Å². The minimum Gasteiger partial charge on any atom is -0.355 e. The summed E-state index contributed by atoms with van der Waals surface area (Å²) in [4.78, 5) is 23.8. The van der Waals surface area contributed by atoms with Crippen molar-refractivity contribution in [2.75, 3.05) is 7.05 Å². The Morgan fingerprint density at radius 2 is 1.62 bits per heavy atom. The number of amides is 3. The van der Waals surface area contributed by atoms with Gasteiger partial charge in [-0.05, 0) is 41.3 Å². The van der Waals surface area contributed by atoms with Crippen molar-refractivity contribution in [1.29, 1.82) is 0 Å². The molecule has 0 bridgehead atoms. The Morgan fingerprint density at radius 1 is 1.00 bits per heavy atom. The van der Waals surface area contributed by atoms with Crippen molar-refractivity contribution >= 4 is 23.5 Å². The highest BCUT2D eigenvalue weighted by atomic mass is 35.5. The molecule has 0 saturated heterocycles. The molecule has 26 heavy (non-hydrogen) atoms. The summed E-state index contributed by atoms with van der Waals surface area (Å²) >= 11 is 5.93. The van der Waals surface area contributed by atoms with Crippen LogP contribution in [-0.4, -0.2) is 19.0 Å². The molecule has 0 aliphatic heterocycles. The molecule has 5 nitrogen and oxygen atoms in total. The molecule has 0 aliphatic rings. The minimum absolute atomic E-state index is 0.108. The summed E-state index contributed by atoms with van der Waals surface area (Å²) in [6, 6.07) is 14.2. The maximum absolute atomic E-state index is 12.3. The van der Waals surface area contributed by atoms with Gasteiger partial charge >= 0.3 is 6.03 Å². The van der Waals surface area contributed by atoms with Crippen LogP contribution in [0.4, 0.5) is 4.79 Å². The van der Waals surface area contributed by atoms with Gasteiger partial charge in [0.05, 0.1) is 6.04 Å². The van der Waals surface area contributed by atoms with E-state index >= 15 is 0 Å².